The van der Waals surface area contributed by atoms with Gasteiger partial charge in [0.25, 0.3) is 5.91 Å². The quantitative estimate of drug-likeness (QED) is 0.306. The van der Waals surface area contributed by atoms with Gasteiger partial charge in [-0.1, -0.05) is 59.4 Å². The highest BCUT2D eigenvalue weighted by Crippen LogP contribution is 2.43. The highest BCUT2D eigenvalue weighted by atomic mass is 32.1. The molecule has 1 amide bonds. The predicted molar refractivity (Wildman–Crippen MR) is 140 cm³/mol. The lowest BCUT2D eigenvalue weighted by Gasteiger charge is -2.23. The van der Waals surface area contributed by atoms with E-state index in [1.807, 2.05) is 49.4 Å². The van der Waals surface area contributed by atoms with Crippen molar-refractivity contribution in [2.24, 2.45) is 0 Å². The van der Waals surface area contributed by atoms with Crippen molar-refractivity contribution in [3.63, 3.8) is 0 Å². The first-order valence-electron chi connectivity index (χ1n) is 11.6. The van der Waals surface area contributed by atoms with Crippen molar-refractivity contribution < 1.29 is 18.7 Å². The van der Waals surface area contributed by atoms with Crippen LogP contribution in [-0.2, 0) is 6.61 Å². The van der Waals surface area contributed by atoms with E-state index < -0.39 is 11.9 Å². The Kier molecular flexibility index (Phi) is 5.69. The fourth-order valence-corrected chi connectivity index (χ4v) is 5.17. The molecule has 184 valence electrons. The van der Waals surface area contributed by atoms with Crippen LogP contribution in [0.4, 0.5) is 5.13 Å². The molecule has 0 saturated heterocycles. The molecule has 0 N–H and O–H groups in total. The van der Waals surface area contributed by atoms with Crippen molar-refractivity contribution in [3.8, 4) is 11.5 Å². The normalized spacial score (nSPS) is 14.7. The molecule has 0 fully saturated rings. The zero-order chi connectivity index (χ0) is 25.5. The number of fused-ring (bicyclic) bond motifs is 2. The predicted octanol–water partition coefficient (Wildman–Crippen LogP) is 5.29. The van der Waals surface area contributed by atoms with Gasteiger partial charge in [0.05, 0.1) is 24.1 Å². The number of anilines is 1. The van der Waals surface area contributed by atoms with Crippen LogP contribution in [0.2, 0.25) is 0 Å². The molecule has 1 aliphatic heterocycles. The van der Waals surface area contributed by atoms with Crippen molar-refractivity contribution in [2.75, 3.05) is 12.0 Å². The molecule has 0 radical (unpaired) electrons. The van der Waals surface area contributed by atoms with Gasteiger partial charge in [0, 0.05) is 0 Å². The molecular formula is C28H21N3O5S. The van der Waals surface area contributed by atoms with E-state index in [4.69, 9.17) is 13.9 Å². The number of benzene rings is 3. The van der Waals surface area contributed by atoms with Crippen LogP contribution in [0.5, 0.6) is 11.5 Å². The summed E-state index contributed by atoms with van der Waals surface area (Å²) in [4.78, 5) is 28.8. The lowest BCUT2D eigenvalue weighted by Crippen LogP contribution is -2.29. The molecule has 1 unspecified atom stereocenters. The highest BCUT2D eigenvalue weighted by molar-refractivity contribution is 7.13. The summed E-state index contributed by atoms with van der Waals surface area (Å²) in [5, 5.41) is 8.81. The van der Waals surface area contributed by atoms with Crippen LogP contribution in [0.15, 0.2) is 81.5 Å². The van der Waals surface area contributed by atoms with Gasteiger partial charge in [-0.3, -0.25) is 14.5 Å². The highest BCUT2D eigenvalue weighted by Gasteiger charge is 2.45. The van der Waals surface area contributed by atoms with Crippen LogP contribution in [0.3, 0.4) is 0 Å². The van der Waals surface area contributed by atoms with Crippen molar-refractivity contribution >= 4 is 33.3 Å². The monoisotopic (exact) mass is 511 g/mol. The largest absolute Gasteiger partial charge is 0.493 e. The smallest absolute Gasteiger partial charge is 0.297 e. The fraction of sp³-hybridized carbons (Fsp3) is 0.143. The average molecular weight is 512 g/mol. The van der Waals surface area contributed by atoms with Crippen molar-refractivity contribution in [2.45, 2.75) is 19.6 Å². The summed E-state index contributed by atoms with van der Waals surface area (Å²) in [7, 11) is 1.55. The van der Waals surface area contributed by atoms with Gasteiger partial charge in [0.15, 0.2) is 16.9 Å². The van der Waals surface area contributed by atoms with Crippen LogP contribution in [0, 0.1) is 6.92 Å². The Balaban J connectivity index is 1.48. The van der Waals surface area contributed by atoms with Gasteiger partial charge in [-0.25, -0.2) is 0 Å². The van der Waals surface area contributed by atoms with E-state index in [1.165, 1.54) is 16.2 Å². The summed E-state index contributed by atoms with van der Waals surface area (Å²) in [6.07, 6.45) is 0. The van der Waals surface area contributed by atoms with E-state index in [9.17, 15) is 9.59 Å². The maximum atomic E-state index is 13.8. The van der Waals surface area contributed by atoms with Crippen LogP contribution in [-0.4, -0.2) is 23.2 Å². The fourth-order valence-electron chi connectivity index (χ4n) is 4.58. The van der Waals surface area contributed by atoms with Gasteiger partial charge in [0.1, 0.15) is 17.7 Å². The first-order chi connectivity index (χ1) is 18.0. The standard InChI is InChI=1S/C28H21N3O5S/c1-16-8-10-20-19(12-16)25(32)23-24(31(27(33)26(23)36-20)28-30-29-15-37-28)18-9-11-21(22(13-18)34-2)35-14-17-6-4-3-5-7-17/h3-13,15,24H,14H2,1-2H3. The van der Waals surface area contributed by atoms with Gasteiger partial charge >= 0.3 is 0 Å². The number of carbonyl (C=O) groups excluding carboxylic acids is 1. The molecule has 1 aliphatic rings. The second-order valence-corrected chi connectivity index (χ2v) is 9.47. The first-order valence-corrected chi connectivity index (χ1v) is 12.4. The summed E-state index contributed by atoms with van der Waals surface area (Å²) < 4.78 is 17.7. The third kappa shape index (κ3) is 3.93. The molecule has 37 heavy (non-hydrogen) atoms. The molecule has 8 nitrogen and oxygen atoms in total. The maximum absolute atomic E-state index is 13.8. The molecule has 3 aromatic carbocycles. The minimum atomic E-state index is -0.770. The van der Waals surface area contributed by atoms with E-state index in [0.29, 0.717) is 39.8 Å². The third-order valence-electron chi connectivity index (χ3n) is 6.32. The number of nitrogens with zero attached hydrogens (tertiary/aromatic N) is 3. The molecule has 2 aromatic heterocycles. The summed E-state index contributed by atoms with van der Waals surface area (Å²) in [5.41, 5.74) is 4.51. The third-order valence-corrected chi connectivity index (χ3v) is 7.01. The van der Waals surface area contributed by atoms with Crippen LogP contribution < -0.4 is 19.8 Å². The molecule has 0 spiro atoms. The Morgan fingerprint density at radius 3 is 2.62 bits per heavy atom. The number of methoxy groups -OCH3 is 1. The second kappa shape index (κ2) is 9.18. The molecule has 1 atom stereocenters. The molecule has 0 aliphatic carbocycles. The number of hydrogen-bond donors (Lipinski definition) is 0. The van der Waals surface area contributed by atoms with Crippen molar-refractivity contribution in [1.82, 2.24) is 10.2 Å². The average Bonchev–Trinajstić information content (AvgIpc) is 3.55. The maximum Gasteiger partial charge on any atom is 0.297 e. The number of aryl methyl sites for hydroxylation is 1. The first kappa shape index (κ1) is 22.9. The van der Waals surface area contributed by atoms with Crippen LogP contribution >= 0.6 is 11.3 Å². The van der Waals surface area contributed by atoms with Crippen molar-refractivity contribution in [1.29, 1.82) is 0 Å². The second-order valence-electron chi connectivity index (χ2n) is 8.66. The van der Waals surface area contributed by atoms with Gasteiger partial charge in [-0.2, -0.15) is 0 Å². The summed E-state index contributed by atoms with van der Waals surface area (Å²) >= 11 is 1.21. The minimum Gasteiger partial charge on any atom is -0.493 e. The number of hydrogen-bond acceptors (Lipinski definition) is 8. The van der Waals surface area contributed by atoms with Gasteiger partial charge in [0.2, 0.25) is 10.9 Å². The van der Waals surface area contributed by atoms with Gasteiger partial charge in [-0.15, -0.1) is 10.2 Å². The Morgan fingerprint density at radius 2 is 1.86 bits per heavy atom. The Morgan fingerprint density at radius 1 is 1.03 bits per heavy atom. The molecule has 3 heterocycles. The number of amides is 1. The SMILES string of the molecule is COc1cc(C2c3c(oc4ccc(C)cc4c3=O)C(=O)N2c2nncs2)ccc1OCc1ccccc1. The van der Waals surface area contributed by atoms with Crippen molar-refractivity contribution in [3.05, 3.63) is 110 Å². The van der Waals surface area contributed by atoms with Crippen LogP contribution in [0.25, 0.3) is 11.0 Å². The lowest BCUT2D eigenvalue weighted by atomic mass is 9.98. The Labute approximate surface area is 215 Å². The van der Waals surface area contributed by atoms with E-state index in [1.54, 1.807) is 36.9 Å². The molecular weight excluding hydrogens is 490 g/mol. The van der Waals surface area contributed by atoms with Gasteiger partial charge < -0.3 is 13.9 Å². The number of ether oxygens (including phenoxy) is 2. The summed E-state index contributed by atoms with van der Waals surface area (Å²) in [5.74, 6) is 0.584. The van der Waals surface area contributed by atoms with E-state index in [0.717, 1.165) is 11.1 Å². The van der Waals surface area contributed by atoms with E-state index >= 15 is 0 Å². The zero-order valence-corrected chi connectivity index (χ0v) is 20.8. The topological polar surface area (TPSA) is 94.8 Å². The Hall–Kier alpha value is -4.50. The molecule has 0 saturated carbocycles. The Bertz CT molecular complexity index is 1680. The number of carbonyl (C=O) groups is 1. The number of rotatable bonds is 6. The van der Waals surface area contributed by atoms with E-state index in [2.05, 4.69) is 10.2 Å². The summed E-state index contributed by atoms with van der Waals surface area (Å²) in [6, 6.07) is 19.8. The molecule has 6 rings (SSSR count). The minimum absolute atomic E-state index is 0.00456. The molecule has 9 heteroatoms. The van der Waals surface area contributed by atoms with Crippen LogP contribution in [0.1, 0.15) is 38.9 Å². The lowest BCUT2D eigenvalue weighted by molar-refractivity contribution is 0.0970. The molecule has 0 bridgehead atoms. The summed E-state index contributed by atoms with van der Waals surface area (Å²) in [6.45, 7) is 2.27. The molecule has 5 aromatic rings. The van der Waals surface area contributed by atoms with Gasteiger partial charge in [-0.05, 0) is 42.3 Å². The number of aromatic nitrogens is 2. The zero-order valence-electron chi connectivity index (χ0n) is 20.0. The van der Waals surface area contributed by atoms with E-state index in [-0.39, 0.29) is 16.8 Å².